The Kier molecular flexibility index (Phi) is 3.17. The Morgan fingerprint density at radius 2 is 1.41 bits per heavy atom. The molecule has 112 valence electrons. The number of pyridine rings is 1. The maximum atomic E-state index is 12.5. The van der Waals surface area contributed by atoms with Crippen LogP contribution in [0.2, 0.25) is 0 Å². The van der Waals surface area contributed by atoms with Gasteiger partial charge in [-0.15, -0.1) is 0 Å². The van der Waals surface area contributed by atoms with E-state index in [2.05, 4.69) is 10.3 Å². The fourth-order valence-electron chi connectivity index (χ4n) is 3.87. The van der Waals surface area contributed by atoms with E-state index in [0.29, 0.717) is 12.8 Å². The van der Waals surface area contributed by atoms with Gasteiger partial charge in [0.05, 0.1) is 0 Å². The molecule has 0 spiro atoms. The Morgan fingerprint density at radius 1 is 0.864 bits per heavy atom. The number of carbonyl (C=O) groups excluding carboxylic acids is 2. The van der Waals surface area contributed by atoms with Crippen LogP contribution in [0.25, 0.3) is 0 Å². The average molecular weight is 294 g/mol. The molecule has 1 aliphatic heterocycles. The minimum atomic E-state index is -0.199. The number of nitrogens with one attached hydrogen (secondary N) is 1. The van der Waals surface area contributed by atoms with Gasteiger partial charge in [0, 0.05) is 53.7 Å². The Labute approximate surface area is 129 Å². The van der Waals surface area contributed by atoms with Crippen LogP contribution in [0.1, 0.15) is 50.0 Å². The Morgan fingerprint density at radius 3 is 1.95 bits per heavy atom. The van der Waals surface area contributed by atoms with Gasteiger partial charge in [0.2, 0.25) is 0 Å². The van der Waals surface area contributed by atoms with Crippen LogP contribution in [-0.2, 0) is 9.59 Å². The fourth-order valence-corrected chi connectivity index (χ4v) is 3.87. The molecule has 1 N–H and O–H groups in total. The van der Waals surface area contributed by atoms with Crippen LogP contribution in [0.3, 0.4) is 0 Å². The van der Waals surface area contributed by atoms with Gasteiger partial charge in [-0.25, -0.2) is 0 Å². The lowest BCUT2D eigenvalue weighted by molar-refractivity contribution is -0.116. The molecular formula is C18H18N2O2. The highest BCUT2D eigenvalue weighted by Crippen LogP contribution is 2.44. The number of allylic oxidation sites excluding steroid dienone is 4. The van der Waals surface area contributed by atoms with E-state index in [-0.39, 0.29) is 17.5 Å². The van der Waals surface area contributed by atoms with Crippen LogP contribution in [0.5, 0.6) is 0 Å². The highest BCUT2D eigenvalue weighted by Gasteiger charge is 2.39. The second-order valence-corrected chi connectivity index (χ2v) is 6.18. The number of Topliss-reactive ketones (excluding diaryl/α,β-unsaturated/α-hetero) is 2. The van der Waals surface area contributed by atoms with E-state index in [1.807, 2.05) is 12.1 Å². The highest BCUT2D eigenvalue weighted by atomic mass is 16.1. The lowest BCUT2D eigenvalue weighted by atomic mass is 9.72. The fraction of sp³-hybridized carbons (Fsp3) is 0.389. The molecule has 0 fully saturated rings. The van der Waals surface area contributed by atoms with Crippen LogP contribution in [0.15, 0.2) is 47.1 Å². The average Bonchev–Trinajstić information content (AvgIpc) is 2.54. The summed E-state index contributed by atoms with van der Waals surface area (Å²) in [6, 6.07) is 3.85. The second-order valence-electron chi connectivity index (χ2n) is 6.18. The van der Waals surface area contributed by atoms with E-state index in [0.717, 1.165) is 53.8 Å². The molecule has 2 aliphatic carbocycles. The van der Waals surface area contributed by atoms with Gasteiger partial charge in [-0.05, 0) is 43.4 Å². The van der Waals surface area contributed by atoms with Gasteiger partial charge in [-0.2, -0.15) is 0 Å². The number of ketones is 2. The van der Waals surface area contributed by atoms with E-state index in [1.165, 1.54) is 0 Å². The third-order valence-corrected chi connectivity index (χ3v) is 4.83. The molecular weight excluding hydrogens is 276 g/mol. The molecule has 22 heavy (non-hydrogen) atoms. The zero-order chi connectivity index (χ0) is 15.1. The van der Waals surface area contributed by atoms with E-state index in [4.69, 9.17) is 0 Å². The van der Waals surface area contributed by atoms with Crippen molar-refractivity contribution in [2.75, 3.05) is 0 Å². The number of hydrogen-bond donors (Lipinski definition) is 1. The van der Waals surface area contributed by atoms with Gasteiger partial charge in [0.25, 0.3) is 0 Å². The van der Waals surface area contributed by atoms with E-state index >= 15 is 0 Å². The number of dihydropyridines is 1. The normalized spacial score (nSPS) is 22.4. The van der Waals surface area contributed by atoms with Crippen LogP contribution >= 0.6 is 0 Å². The molecule has 0 unspecified atom stereocenters. The maximum Gasteiger partial charge on any atom is 0.161 e. The molecule has 0 amide bonds. The summed E-state index contributed by atoms with van der Waals surface area (Å²) in [5.41, 5.74) is 4.69. The van der Waals surface area contributed by atoms with E-state index < -0.39 is 0 Å². The molecule has 4 rings (SSSR count). The first-order valence-corrected chi connectivity index (χ1v) is 7.95. The topological polar surface area (TPSA) is 59.1 Å². The van der Waals surface area contributed by atoms with E-state index in [9.17, 15) is 9.59 Å². The molecule has 0 atom stereocenters. The summed E-state index contributed by atoms with van der Waals surface area (Å²) in [6.07, 6.45) is 8.21. The van der Waals surface area contributed by atoms with Crippen molar-refractivity contribution in [2.24, 2.45) is 0 Å². The largest absolute Gasteiger partial charge is 0.362 e. The van der Waals surface area contributed by atoms with Crippen molar-refractivity contribution in [3.05, 3.63) is 52.6 Å². The maximum absolute atomic E-state index is 12.5. The SMILES string of the molecule is O=C1CCCC2=C1C(c1ccncc1)C1=C(CCCC1=O)N2. The summed E-state index contributed by atoms with van der Waals surface area (Å²) in [5.74, 6) is 0.163. The number of nitrogens with zero attached hydrogens (tertiary/aromatic N) is 1. The van der Waals surface area contributed by atoms with E-state index in [1.54, 1.807) is 12.4 Å². The number of rotatable bonds is 1. The van der Waals surface area contributed by atoms with Crippen molar-refractivity contribution in [2.45, 2.75) is 44.4 Å². The third kappa shape index (κ3) is 2.02. The van der Waals surface area contributed by atoms with Crippen LogP contribution in [0, 0.1) is 0 Å². The summed E-state index contributed by atoms with van der Waals surface area (Å²) in [5, 5.41) is 3.42. The predicted molar refractivity (Wildman–Crippen MR) is 81.9 cm³/mol. The van der Waals surface area contributed by atoms with Gasteiger partial charge >= 0.3 is 0 Å². The van der Waals surface area contributed by atoms with Crippen molar-refractivity contribution in [1.82, 2.24) is 10.3 Å². The van der Waals surface area contributed by atoms with Gasteiger partial charge in [-0.1, -0.05) is 0 Å². The summed E-state index contributed by atoms with van der Waals surface area (Å²) < 4.78 is 0. The molecule has 0 radical (unpaired) electrons. The van der Waals surface area contributed by atoms with Gasteiger partial charge in [0.1, 0.15) is 0 Å². The zero-order valence-corrected chi connectivity index (χ0v) is 12.4. The summed E-state index contributed by atoms with van der Waals surface area (Å²) >= 11 is 0. The lowest BCUT2D eigenvalue weighted by Gasteiger charge is -2.37. The minimum Gasteiger partial charge on any atom is -0.362 e. The predicted octanol–water partition coefficient (Wildman–Crippen LogP) is 2.78. The number of hydrogen-bond acceptors (Lipinski definition) is 4. The van der Waals surface area contributed by atoms with Crippen molar-refractivity contribution in [3.63, 3.8) is 0 Å². The molecule has 3 aliphatic rings. The smallest absolute Gasteiger partial charge is 0.161 e. The summed E-state index contributed by atoms with van der Waals surface area (Å²) in [6.45, 7) is 0. The molecule has 0 bridgehead atoms. The van der Waals surface area contributed by atoms with Crippen LogP contribution in [-0.4, -0.2) is 16.6 Å². The van der Waals surface area contributed by atoms with Crippen molar-refractivity contribution < 1.29 is 9.59 Å². The summed E-state index contributed by atoms with van der Waals surface area (Å²) in [4.78, 5) is 29.2. The molecule has 4 nitrogen and oxygen atoms in total. The molecule has 0 saturated carbocycles. The molecule has 0 aromatic carbocycles. The lowest BCUT2D eigenvalue weighted by Crippen LogP contribution is -2.36. The van der Waals surface area contributed by atoms with Crippen LogP contribution in [0.4, 0.5) is 0 Å². The second kappa shape index (κ2) is 5.20. The standard InChI is InChI=1S/C18H18N2O2/c21-14-5-1-3-12-17(14)16(11-7-9-19-10-8-11)18-13(20-12)4-2-6-15(18)22/h7-10,16,20H,1-6H2. The first kappa shape index (κ1) is 13.4. The first-order valence-electron chi connectivity index (χ1n) is 7.95. The van der Waals surface area contributed by atoms with Gasteiger partial charge < -0.3 is 5.32 Å². The van der Waals surface area contributed by atoms with Crippen LogP contribution < -0.4 is 5.32 Å². The molecule has 1 aromatic rings. The minimum absolute atomic E-state index is 0.181. The summed E-state index contributed by atoms with van der Waals surface area (Å²) in [7, 11) is 0. The molecule has 0 saturated heterocycles. The number of aromatic nitrogens is 1. The molecule has 2 heterocycles. The zero-order valence-electron chi connectivity index (χ0n) is 12.4. The van der Waals surface area contributed by atoms with Crippen molar-refractivity contribution in [3.8, 4) is 0 Å². The Hall–Kier alpha value is -2.23. The monoisotopic (exact) mass is 294 g/mol. The third-order valence-electron chi connectivity index (χ3n) is 4.83. The number of carbonyl (C=O) groups is 2. The van der Waals surface area contributed by atoms with Crippen molar-refractivity contribution >= 4 is 11.6 Å². The first-order chi connectivity index (χ1) is 10.8. The van der Waals surface area contributed by atoms with Gasteiger partial charge in [0.15, 0.2) is 11.6 Å². The molecule has 4 heteroatoms. The van der Waals surface area contributed by atoms with Gasteiger partial charge in [-0.3, -0.25) is 14.6 Å². The van der Waals surface area contributed by atoms with Crippen molar-refractivity contribution in [1.29, 1.82) is 0 Å². The molecule has 1 aromatic heterocycles. The Bertz CT molecular complexity index is 674. The highest BCUT2D eigenvalue weighted by molar-refractivity contribution is 6.06. The quantitative estimate of drug-likeness (QED) is 0.865. The Balaban J connectivity index is 1.91.